The molecule has 4 aromatic rings. The van der Waals surface area contributed by atoms with Gasteiger partial charge in [0.05, 0.1) is 21.4 Å². The van der Waals surface area contributed by atoms with E-state index in [1.807, 2.05) is 6.07 Å². The number of nitrogens with one attached hydrogen (secondary N) is 1. The number of hydrogen-bond acceptors (Lipinski definition) is 8. The Labute approximate surface area is 172 Å². The standard InChI is InChI=1S/C19H12N4O4S2/c24-18(12-4-2-1-3-5-12)22-20-11-14-7-9-17(27-14)29-19-21-15-8-6-13(23(25)26)10-16(15)28-19/h1-11H,(H,22,24)/b20-11+. The molecular formula is C19H12N4O4S2. The van der Waals surface area contributed by atoms with Crippen LogP contribution in [0.15, 0.2) is 79.6 Å². The van der Waals surface area contributed by atoms with E-state index in [9.17, 15) is 14.9 Å². The second-order valence-corrected chi connectivity index (χ2v) is 8.00. The van der Waals surface area contributed by atoms with Crippen molar-refractivity contribution in [2.45, 2.75) is 9.43 Å². The Morgan fingerprint density at radius 1 is 1.21 bits per heavy atom. The Kier molecular flexibility index (Phi) is 5.36. The van der Waals surface area contributed by atoms with Gasteiger partial charge in [-0.25, -0.2) is 10.4 Å². The molecule has 0 aliphatic rings. The Balaban J connectivity index is 1.41. The molecule has 1 N–H and O–H groups in total. The zero-order valence-corrected chi connectivity index (χ0v) is 16.3. The Bertz CT molecular complexity index is 1220. The summed E-state index contributed by atoms with van der Waals surface area (Å²) in [7, 11) is 0. The fourth-order valence-corrected chi connectivity index (χ4v) is 4.41. The molecular weight excluding hydrogens is 412 g/mol. The topological polar surface area (TPSA) is 111 Å². The predicted molar refractivity (Wildman–Crippen MR) is 111 cm³/mol. The zero-order valence-electron chi connectivity index (χ0n) is 14.6. The minimum Gasteiger partial charge on any atom is -0.448 e. The molecule has 0 atom stereocenters. The summed E-state index contributed by atoms with van der Waals surface area (Å²) in [6.45, 7) is 0. The smallest absolute Gasteiger partial charge is 0.271 e. The van der Waals surface area contributed by atoms with Gasteiger partial charge in [-0.05, 0) is 42.1 Å². The number of fused-ring (bicyclic) bond motifs is 1. The van der Waals surface area contributed by atoms with Crippen molar-refractivity contribution in [3.05, 3.63) is 82.1 Å². The number of hydrazone groups is 1. The lowest BCUT2D eigenvalue weighted by Crippen LogP contribution is -2.17. The van der Waals surface area contributed by atoms with Crippen molar-refractivity contribution in [3.63, 3.8) is 0 Å². The van der Waals surface area contributed by atoms with Crippen LogP contribution in [0.3, 0.4) is 0 Å². The first-order valence-corrected chi connectivity index (χ1v) is 9.93. The average molecular weight is 424 g/mol. The highest BCUT2D eigenvalue weighted by Crippen LogP contribution is 2.36. The molecule has 8 nitrogen and oxygen atoms in total. The lowest BCUT2D eigenvalue weighted by atomic mass is 10.2. The van der Waals surface area contributed by atoms with Gasteiger partial charge in [0.15, 0.2) is 9.43 Å². The van der Waals surface area contributed by atoms with Crippen LogP contribution in [0.4, 0.5) is 5.69 Å². The summed E-state index contributed by atoms with van der Waals surface area (Å²) in [5, 5.41) is 15.4. The number of carbonyl (C=O) groups is 1. The highest BCUT2D eigenvalue weighted by Gasteiger charge is 2.12. The van der Waals surface area contributed by atoms with E-state index in [-0.39, 0.29) is 11.6 Å². The van der Waals surface area contributed by atoms with Crippen molar-refractivity contribution in [3.8, 4) is 0 Å². The first kappa shape index (κ1) is 18.8. The number of furan rings is 1. The normalized spacial score (nSPS) is 11.2. The van der Waals surface area contributed by atoms with E-state index in [1.165, 1.54) is 41.4 Å². The maximum absolute atomic E-state index is 11.9. The molecule has 144 valence electrons. The summed E-state index contributed by atoms with van der Waals surface area (Å²) in [4.78, 5) is 26.8. The number of aromatic nitrogens is 1. The third-order valence-corrected chi connectivity index (χ3v) is 5.75. The fourth-order valence-electron chi connectivity index (χ4n) is 2.40. The number of thiazole rings is 1. The summed E-state index contributed by atoms with van der Waals surface area (Å²) in [6, 6.07) is 16.8. The van der Waals surface area contributed by atoms with E-state index in [2.05, 4.69) is 15.5 Å². The number of benzene rings is 2. The molecule has 2 aromatic heterocycles. The van der Waals surface area contributed by atoms with Gasteiger partial charge in [0.1, 0.15) is 5.76 Å². The molecule has 0 spiro atoms. The number of non-ortho nitro benzene ring substituents is 1. The van der Waals surface area contributed by atoms with E-state index < -0.39 is 4.92 Å². The highest BCUT2D eigenvalue weighted by molar-refractivity contribution is 8.01. The summed E-state index contributed by atoms with van der Waals surface area (Å²) in [6.07, 6.45) is 1.41. The maximum atomic E-state index is 11.9. The molecule has 0 aliphatic heterocycles. The van der Waals surface area contributed by atoms with Crippen LogP contribution in [0.25, 0.3) is 10.2 Å². The highest BCUT2D eigenvalue weighted by atomic mass is 32.2. The van der Waals surface area contributed by atoms with Crippen molar-refractivity contribution in [1.29, 1.82) is 0 Å². The van der Waals surface area contributed by atoms with Gasteiger partial charge in [-0.15, -0.1) is 11.3 Å². The van der Waals surface area contributed by atoms with Crippen LogP contribution in [0.5, 0.6) is 0 Å². The molecule has 2 heterocycles. The summed E-state index contributed by atoms with van der Waals surface area (Å²) in [5.41, 5.74) is 3.68. The van der Waals surface area contributed by atoms with Crippen LogP contribution in [-0.4, -0.2) is 22.0 Å². The van der Waals surface area contributed by atoms with E-state index in [0.29, 0.717) is 26.3 Å². The van der Waals surface area contributed by atoms with E-state index >= 15 is 0 Å². The molecule has 0 radical (unpaired) electrons. The second-order valence-electron chi connectivity index (χ2n) is 5.71. The van der Waals surface area contributed by atoms with Crippen LogP contribution in [0.2, 0.25) is 0 Å². The van der Waals surface area contributed by atoms with Crippen molar-refractivity contribution in [2.75, 3.05) is 0 Å². The zero-order chi connectivity index (χ0) is 20.2. The van der Waals surface area contributed by atoms with Crippen molar-refractivity contribution >= 4 is 51.1 Å². The molecule has 0 saturated carbocycles. The maximum Gasteiger partial charge on any atom is 0.271 e. The van der Waals surface area contributed by atoms with Crippen LogP contribution < -0.4 is 5.43 Å². The number of amides is 1. The first-order valence-electron chi connectivity index (χ1n) is 8.29. The lowest BCUT2D eigenvalue weighted by Gasteiger charge is -1.97. The van der Waals surface area contributed by atoms with Gasteiger partial charge in [-0.2, -0.15) is 5.10 Å². The largest absolute Gasteiger partial charge is 0.448 e. The quantitative estimate of drug-likeness (QED) is 0.273. The summed E-state index contributed by atoms with van der Waals surface area (Å²) >= 11 is 2.66. The molecule has 0 aliphatic carbocycles. The Morgan fingerprint density at radius 2 is 2.03 bits per heavy atom. The second kappa shape index (κ2) is 8.25. The van der Waals surface area contributed by atoms with Gasteiger partial charge in [0.25, 0.3) is 11.6 Å². The molecule has 0 unspecified atom stereocenters. The van der Waals surface area contributed by atoms with Crippen LogP contribution in [0, 0.1) is 10.1 Å². The number of nitrogens with zero attached hydrogens (tertiary/aromatic N) is 3. The summed E-state index contributed by atoms with van der Waals surface area (Å²) in [5.74, 6) is 0.157. The average Bonchev–Trinajstić information content (AvgIpc) is 3.34. The van der Waals surface area contributed by atoms with Crippen LogP contribution >= 0.6 is 23.1 Å². The van der Waals surface area contributed by atoms with Gasteiger partial charge >= 0.3 is 0 Å². The van der Waals surface area contributed by atoms with Gasteiger partial charge < -0.3 is 4.42 Å². The molecule has 2 aromatic carbocycles. The minimum absolute atomic E-state index is 0.0340. The van der Waals surface area contributed by atoms with Gasteiger partial charge in [0.2, 0.25) is 0 Å². The third-order valence-electron chi connectivity index (χ3n) is 3.75. The fraction of sp³-hybridized carbons (Fsp3) is 0. The molecule has 0 fully saturated rings. The number of carbonyl (C=O) groups excluding carboxylic acids is 1. The number of nitro benzene ring substituents is 1. The van der Waals surface area contributed by atoms with Crippen LogP contribution in [0.1, 0.15) is 16.1 Å². The van der Waals surface area contributed by atoms with E-state index in [4.69, 9.17) is 4.42 Å². The summed E-state index contributed by atoms with van der Waals surface area (Å²) < 4.78 is 7.09. The van der Waals surface area contributed by atoms with E-state index in [0.717, 1.165) is 4.70 Å². The van der Waals surface area contributed by atoms with Gasteiger partial charge in [0, 0.05) is 17.7 Å². The molecule has 4 rings (SSSR count). The third kappa shape index (κ3) is 4.50. The molecule has 1 amide bonds. The predicted octanol–water partition coefficient (Wildman–Crippen LogP) is 4.71. The van der Waals surface area contributed by atoms with Gasteiger partial charge in [-0.1, -0.05) is 18.2 Å². The minimum atomic E-state index is -0.430. The first-order chi connectivity index (χ1) is 14.1. The Morgan fingerprint density at radius 3 is 2.83 bits per heavy atom. The van der Waals surface area contributed by atoms with Crippen molar-refractivity contribution < 1.29 is 14.1 Å². The molecule has 29 heavy (non-hydrogen) atoms. The number of nitro groups is 1. The number of hydrogen-bond donors (Lipinski definition) is 1. The Hall–Kier alpha value is -3.50. The molecule has 10 heteroatoms. The lowest BCUT2D eigenvalue weighted by molar-refractivity contribution is -0.384. The molecule has 0 saturated heterocycles. The number of rotatable bonds is 6. The SMILES string of the molecule is O=C(N/N=C/c1ccc(Sc2nc3ccc([N+](=O)[O-])cc3s2)o1)c1ccccc1. The molecule has 0 bridgehead atoms. The van der Waals surface area contributed by atoms with Crippen LogP contribution in [-0.2, 0) is 0 Å². The van der Waals surface area contributed by atoms with E-state index in [1.54, 1.807) is 42.5 Å². The van der Waals surface area contributed by atoms with Crippen molar-refractivity contribution in [2.24, 2.45) is 5.10 Å². The monoisotopic (exact) mass is 424 g/mol. The van der Waals surface area contributed by atoms with Gasteiger partial charge in [-0.3, -0.25) is 14.9 Å². The van der Waals surface area contributed by atoms with Crippen molar-refractivity contribution in [1.82, 2.24) is 10.4 Å².